The molecule has 4 heteroatoms. The molecule has 102 valence electrons. The molecule has 2 heterocycles. The van der Waals surface area contributed by atoms with Crippen LogP contribution in [0.2, 0.25) is 0 Å². The zero-order valence-electron chi connectivity index (χ0n) is 12.0. The summed E-state index contributed by atoms with van der Waals surface area (Å²) in [5, 5.41) is 3.01. The molecule has 4 nitrogen and oxygen atoms in total. The van der Waals surface area contributed by atoms with Crippen molar-refractivity contribution < 1.29 is 4.79 Å². The number of aromatic nitrogens is 2. The molecule has 0 saturated carbocycles. The SMILES string of the molecule is CCc1nc2cc(C)ccn2c1C(=O)NC(C)CC. The summed E-state index contributed by atoms with van der Waals surface area (Å²) in [5.74, 6) is -0.0393. The van der Waals surface area contributed by atoms with Crippen molar-refractivity contribution in [3.63, 3.8) is 0 Å². The number of nitrogens with zero attached hydrogens (tertiary/aromatic N) is 2. The van der Waals surface area contributed by atoms with Crippen molar-refractivity contribution in [1.29, 1.82) is 0 Å². The maximum Gasteiger partial charge on any atom is 0.270 e. The molecule has 2 aromatic rings. The molecule has 1 N–H and O–H groups in total. The van der Waals surface area contributed by atoms with Gasteiger partial charge in [-0.15, -0.1) is 0 Å². The smallest absolute Gasteiger partial charge is 0.270 e. The summed E-state index contributed by atoms with van der Waals surface area (Å²) in [6.45, 7) is 8.12. The topological polar surface area (TPSA) is 46.4 Å². The number of fused-ring (bicyclic) bond motifs is 1. The van der Waals surface area contributed by atoms with E-state index in [2.05, 4.69) is 17.2 Å². The van der Waals surface area contributed by atoms with Gasteiger partial charge in [0.1, 0.15) is 11.3 Å². The fourth-order valence-corrected chi connectivity index (χ4v) is 2.08. The summed E-state index contributed by atoms with van der Waals surface area (Å²) >= 11 is 0. The second kappa shape index (κ2) is 5.43. The predicted molar refractivity (Wildman–Crippen MR) is 76.5 cm³/mol. The lowest BCUT2D eigenvalue weighted by atomic mass is 10.2. The Hall–Kier alpha value is -1.84. The number of carbonyl (C=O) groups excluding carboxylic acids is 1. The van der Waals surface area contributed by atoms with Crippen LogP contribution in [0.3, 0.4) is 0 Å². The van der Waals surface area contributed by atoms with Gasteiger partial charge in [-0.25, -0.2) is 4.98 Å². The second-order valence-corrected chi connectivity index (χ2v) is 4.98. The molecular weight excluding hydrogens is 238 g/mol. The van der Waals surface area contributed by atoms with Gasteiger partial charge in [-0.3, -0.25) is 9.20 Å². The number of aryl methyl sites for hydroxylation is 2. The van der Waals surface area contributed by atoms with Crippen molar-refractivity contribution in [3.8, 4) is 0 Å². The van der Waals surface area contributed by atoms with E-state index in [1.165, 1.54) is 0 Å². The van der Waals surface area contributed by atoms with Crippen LogP contribution < -0.4 is 5.32 Å². The highest BCUT2D eigenvalue weighted by atomic mass is 16.2. The van der Waals surface area contributed by atoms with Crippen molar-refractivity contribution >= 4 is 11.6 Å². The van der Waals surface area contributed by atoms with E-state index in [-0.39, 0.29) is 11.9 Å². The first-order valence-corrected chi connectivity index (χ1v) is 6.85. The summed E-state index contributed by atoms with van der Waals surface area (Å²) in [5.41, 5.74) is 3.50. The van der Waals surface area contributed by atoms with Gasteiger partial charge in [0.15, 0.2) is 0 Å². The van der Waals surface area contributed by atoms with Crippen LogP contribution in [0.15, 0.2) is 18.3 Å². The van der Waals surface area contributed by atoms with Gasteiger partial charge >= 0.3 is 0 Å². The Kier molecular flexibility index (Phi) is 3.88. The number of hydrogen-bond donors (Lipinski definition) is 1. The van der Waals surface area contributed by atoms with E-state index in [1.807, 2.05) is 43.5 Å². The van der Waals surface area contributed by atoms with Crippen LogP contribution in [0, 0.1) is 6.92 Å². The van der Waals surface area contributed by atoms with E-state index in [4.69, 9.17) is 0 Å². The van der Waals surface area contributed by atoms with Gasteiger partial charge in [0, 0.05) is 12.2 Å². The van der Waals surface area contributed by atoms with Gasteiger partial charge in [0.05, 0.1) is 5.69 Å². The van der Waals surface area contributed by atoms with E-state index < -0.39 is 0 Å². The molecule has 0 aromatic carbocycles. The van der Waals surface area contributed by atoms with Gasteiger partial charge in [-0.2, -0.15) is 0 Å². The zero-order valence-corrected chi connectivity index (χ0v) is 12.0. The summed E-state index contributed by atoms with van der Waals surface area (Å²) < 4.78 is 1.88. The molecule has 0 radical (unpaired) electrons. The number of pyridine rings is 1. The minimum atomic E-state index is -0.0393. The van der Waals surface area contributed by atoms with E-state index in [0.29, 0.717) is 5.69 Å². The molecule has 0 aliphatic rings. The Bertz CT molecular complexity index is 601. The predicted octanol–water partition coefficient (Wildman–Crippen LogP) is 2.73. The van der Waals surface area contributed by atoms with Crippen LogP contribution >= 0.6 is 0 Å². The van der Waals surface area contributed by atoms with E-state index in [1.54, 1.807) is 0 Å². The van der Waals surface area contributed by atoms with Crippen LogP contribution in [-0.2, 0) is 6.42 Å². The number of carbonyl (C=O) groups is 1. The van der Waals surface area contributed by atoms with Gasteiger partial charge < -0.3 is 5.32 Å². The molecule has 19 heavy (non-hydrogen) atoms. The van der Waals surface area contributed by atoms with E-state index >= 15 is 0 Å². The lowest BCUT2D eigenvalue weighted by Crippen LogP contribution is -2.33. The fourth-order valence-electron chi connectivity index (χ4n) is 2.08. The highest BCUT2D eigenvalue weighted by molar-refractivity contribution is 5.95. The van der Waals surface area contributed by atoms with Crippen molar-refractivity contribution in [2.24, 2.45) is 0 Å². The Morgan fingerprint density at radius 3 is 2.84 bits per heavy atom. The second-order valence-electron chi connectivity index (χ2n) is 4.98. The first kappa shape index (κ1) is 13.6. The van der Waals surface area contributed by atoms with E-state index in [0.717, 1.165) is 29.7 Å². The quantitative estimate of drug-likeness (QED) is 0.917. The van der Waals surface area contributed by atoms with Gasteiger partial charge in [0.2, 0.25) is 0 Å². The zero-order chi connectivity index (χ0) is 14.0. The Morgan fingerprint density at radius 1 is 1.47 bits per heavy atom. The summed E-state index contributed by atoms with van der Waals surface area (Å²) in [6.07, 6.45) is 3.59. The van der Waals surface area contributed by atoms with Crippen molar-refractivity contribution in [2.45, 2.75) is 46.6 Å². The molecule has 0 saturated heterocycles. The third-order valence-corrected chi connectivity index (χ3v) is 3.39. The lowest BCUT2D eigenvalue weighted by molar-refractivity contribution is 0.0932. The molecule has 0 aliphatic carbocycles. The molecule has 0 aliphatic heterocycles. The summed E-state index contributed by atoms with van der Waals surface area (Å²) in [6, 6.07) is 4.17. The summed E-state index contributed by atoms with van der Waals surface area (Å²) in [4.78, 5) is 16.9. The Morgan fingerprint density at radius 2 is 2.21 bits per heavy atom. The number of imidazole rings is 1. The van der Waals surface area contributed by atoms with Crippen LogP contribution in [0.1, 0.15) is 48.9 Å². The number of hydrogen-bond acceptors (Lipinski definition) is 2. The average molecular weight is 259 g/mol. The Labute approximate surface area is 113 Å². The van der Waals surface area contributed by atoms with Crippen molar-refractivity contribution in [2.75, 3.05) is 0 Å². The summed E-state index contributed by atoms with van der Waals surface area (Å²) in [7, 11) is 0. The first-order valence-electron chi connectivity index (χ1n) is 6.85. The van der Waals surface area contributed by atoms with Crippen molar-refractivity contribution in [1.82, 2.24) is 14.7 Å². The van der Waals surface area contributed by atoms with Gasteiger partial charge in [0.25, 0.3) is 5.91 Å². The third kappa shape index (κ3) is 2.62. The number of rotatable bonds is 4. The average Bonchev–Trinajstić information content (AvgIpc) is 2.75. The molecule has 2 aromatic heterocycles. The normalized spacial score (nSPS) is 12.6. The van der Waals surface area contributed by atoms with Crippen LogP contribution in [0.5, 0.6) is 0 Å². The third-order valence-electron chi connectivity index (χ3n) is 3.39. The fraction of sp³-hybridized carbons (Fsp3) is 0.467. The highest BCUT2D eigenvalue weighted by Crippen LogP contribution is 2.15. The molecule has 1 amide bonds. The molecule has 0 spiro atoms. The minimum Gasteiger partial charge on any atom is -0.348 e. The molecule has 0 bridgehead atoms. The molecule has 0 fully saturated rings. The number of nitrogens with one attached hydrogen (secondary N) is 1. The largest absolute Gasteiger partial charge is 0.348 e. The Balaban J connectivity index is 2.48. The number of amides is 1. The molecule has 1 atom stereocenters. The van der Waals surface area contributed by atoms with Crippen LogP contribution in [0.25, 0.3) is 5.65 Å². The molecule has 1 unspecified atom stereocenters. The minimum absolute atomic E-state index is 0.0393. The van der Waals surface area contributed by atoms with Gasteiger partial charge in [-0.05, 0) is 44.4 Å². The van der Waals surface area contributed by atoms with Crippen LogP contribution in [0.4, 0.5) is 0 Å². The van der Waals surface area contributed by atoms with Gasteiger partial charge in [-0.1, -0.05) is 13.8 Å². The first-order chi connectivity index (χ1) is 9.06. The standard InChI is InChI=1S/C15H21N3O/c1-5-11(4)16-15(19)14-12(6-2)17-13-9-10(3)7-8-18(13)14/h7-9,11H,5-6H2,1-4H3,(H,16,19). The highest BCUT2D eigenvalue weighted by Gasteiger charge is 2.19. The van der Waals surface area contributed by atoms with Crippen molar-refractivity contribution in [3.05, 3.63) is 35.3 Å². The maximum atomic E-state index is 12.4. The van der Waals surface area contributed by atoms with Crippen LogP contribution in [-0.4, -0.2) is 21.3 Å². The molecule has 2 rings (SSSR count). The lowest BCUT2D eigenvalue weighted by Gasteiger charge is -2.12. The van der Waals surface area contributed by atoms with E-state index in [9.17, 15) is 4.79 Å². The maximum absolute atomic E-state index is 12.4. The monoisotopic (exact) mass is 259 g/mol. The molecular formula is C15H21N3O.